The number of nitrogens with one attached hydrogen (secondary N) is 1. The minimum atomic E-state index is -0.296. The Morgan fingerprint density at radius 3 is 3.00 bits per heavy atom. The van der Waals surface area contributed by atoms with Gasteiger partial charge in [-0.3, -0.25) is 9.59 Å². The van der Waals surface area contributed by atoms with Crippen molar-refractivity contribution in [3.8, 4) is 0 Å². The molecule has 2 heterocycles. The first-order valence-corrected chi connectivity index (χ1v) is 8.41. The van der Waals surface area contributed by atoms with Crippen molar-refractivity contribution in [1.29, 1.82) is 0 Å². The Bertz CT molecular complexity index is 348. The lowest BCUT2D eigenvalue weighted by Crippen LogP contribution is -2.50. The highest BCUT2D eigenvalue weighted by molar-refractivity contribution is 8.00. The van der Waals surface area contributed by atoms with E-state index in [1.54, 1.807) is 0 Å². The Labute approximate surface area is 119 Å². The van der Waals surface area contributed by atoms with Gasteiger partial charge < -0.3 is 10.2 Å². The predicted molar refractivity (Wildman–Crippen MR) is 77.9 cm³/mol. The summed E-state index contributed by atoms with van der Waals surface area (Å²) >= 11 is 1.88. The van der Waals surface area contributed by atoms with E-state index >= 15 is 0 Å². The number of thioether (sulfide) groups is 1. The van der Waals surface area contributed by atoms with Crippen molar-refractivity contribution in [2.45, 2.75) is 69.8 Å². The highest BCUT2D eigenvalue weighted by Gasteiger charge is 2.40. The SMILES string of the molecule is CCCCC(=O)N[C@H]1CCCC2SC[C@@H](C)N2C1=O. The molecule has 19 heavy (non-hydrogen) atoms. The maximum atomic E-state index is 12.5. The summed E-state index contributed by atoms with van der Waals surface area (Å²) in [7, 11) is 0. The molecule has 108 valence electrons. The van der Waals surface area contributed by atoms with Crippen molar-refractivity contribution in [3.63, 3.8) is 0 Å². The van der Waals surface area contributed by atoms with Crippen molar-refractivity contribution < 1.29 is 9.59 Å². The van der Waals surface area contributed by atoms with Gasteiger partial charge in [-0.15, -0.1) is 11.8 Å². The second kappa shape index (κ2) is 6.64. The maximum Gasteiger partial charge on any atom is 0.246 e. The number of rotatable bonds is 4. The second-order valence-electron chi connectivity index (χ2n) is 5.54. The van der Waals surface area contributed by atoms with Crippen molar-refractivity contribution in [1.82, 2.24) is 10.2 Å². The number of hydrogen-bond acceptors (Lipinski definition) is 3. The third-order valence-electron chi connectivity index (χ3n) is 3.90. The molecule has 2 aliphatic heterocycles. The molecule has 1 N–H and O–H groups in total. The fraction of sp³-hybridized carbons (Fsp3) is 0.857. The van der Waals surface area contributed by atoms with E-state index in [1.807, 2.05) is 16.7 Å². The van der Waals surface area contributed by atoms with Crippen LogP contribution in [0.15, 0.2) is 0 Å². The van der Waals surface area contributed by atoms with Crippen molar-refractivity contribution in [3.05, 3.63) is 0 Å². The molecule has 0 aliphatic carbocycles. The standard InChI is InChI=1S/C14H24N2O2S/c1-3-4-7-12(17)15-11-6-5-8-13-16(14(11)18)10(2)9-19-13/h10-11,13H,3-9H2,1-2H3,(H,15,17)/t10-,11+,13?/m1/s1. The first-order chi connectivity index (χ1) is 9.13. The molecule has 0 spiro atoms. The van der Waals surface area contributed by atoms with E-state index in [0.29, 0.717) is 17.8 Å². The molecule has 1 unspecified atom stereocenters. The molecule has 4 nitrogen and oxygen atoms in total. The van der Waals surface area contributed by atoms with Gasteiger partial charge in [-0.1, -0.05) is 13.3 Å². The molecule has 0 aromatic rings. The van der Waals surface area contributed by atoms with Crippen LogP contribution in [0, 0.1) is 0 Å². The summed E-state index contributed by atoms with van der Waals surface area (Å²) in [5, 5.41) is 3.27. The minimum absolute atomic E-state index is 0.0261. The van der Waals surface area contributed by atoms with Crippen LogP contribution in [0.4, 0.5) is 0 Å². The summed E-state index contributed by atoms with van der Waals surface area (Å²) in [6, 6.07) is 0.00569. The zero-order chi connectivity index (χ0) is 13.8. The quantitative estimate of drug-likeness (QED) is 0.860. The van der Waals surface area contributed by atoms with Gasteiger partial charge in [0.2, 0.25) is 11.8 Å². The first kappa shape index (κ1) is 14.7. The normalized spacial score (nSPS) is 30.9. The molecule has 5 heteroatoms. The average Bonchev–Trinajstić information content (AvgIpc) is 2.67. The first-order valence-electron chi connectivity index (χ1n) is 7.36. The third kappa shape index (κ3) is 3.44. The molecule has 0 radical (unpaired) electrons. The van der Waals surface area contributed by atoms with E-state index in [4.69, 9.17) is 0 Å². The van der Waals surface area contributed by atoms with E-state index in [1.165, 1.54) is 0 Å². The Hall–Kier alpha value is -0.710. The molecule has 0 aromatic carbocycles. The van der Waals surface area contributed by atoms with Gasteiger partial charge in [0.25, 0.3) is 0 Å². The Morgan fingerprint density at radius 2 is 2.26 bits per heavy atom. The van der Waals surface area contributed by atoms with E-state index in [2.05, 4.69) is 19.2 Å². The van der Waals surface area contributed by atoms with Crippen LogP contribution in [0.5, 0.6) is 0 Å². The van der Waals surface area contributed by atoms with Gasteiger partial charge in [0.05, 0.1) is 5.37 Å². The van der Waals surface area contributed by atoms with E-state index < -0.39 is 0 Å². The van der Waals surface area contributed by atoms with Crippen LogP contribution in [-0.4, -0.2) is 39.9 Å². The number of hydrogen-bond donors (Lipinski definition) is 1. The van der Waals surface area contributed by atoms with Gasteiger partial charge in [-0.25, -0.2) is 0 Å². The van der Waals surface area contributed by atoms with Gasteiger partial charge >= 0.3 is 0 Å². The fourth-order valence-electron chi connectivity index (χ4n) is 2.81. The molecule has 0 aromatic heterocycles. The fourth-order valence-corrected chi connectivity index (χ4v) is 4.28. The summed E-state index contributed by atoms with van der Waals surface area (Å²) < 4.78 is 0. The largest absolute Gasteiger partial charge is 0.344 e. The lowest BCUT2D eigenvalue weighted by atomic mass is 10.1. The number of nitrogens with zero attached hydrogens (tertiary/aromatic N) is 1. The number of carbonyl (C=O) groups excluding carboxylic acids is 2. The van der Waals surface area contributed by atoms with E-state index in [-0.39, 0.29) is 17.9 Å². The number of fused-ring (bicyclic) bond motifs is 1. The van der Waals surface area contributed by atoms with Gasteiger partial charge in [0, 0.05) is 18.2 Å². The smallest absolute Gasteiger partial charge is 0.246 e. The average molecular weight is 284 g/mol. The number of carbonyl (C=O) groups is 2. The van der Waals surface area contributed by atoms with Crippen molar-refractivity contribution in [2.75, 3.05) is 5.75 Å². The molecular weight excluding hydrogens is 260 g/mol. The summed E-state index contributed by atoms with van der Waals surface area (Å²) in [5.41, 5.74) is 0. The summed E-state index contributed by atoms with van der Waals surface area (Å²) in [6.45, 7) is 4.17. The zero-order valence-electron chi connectivity index (χ0n) is 11.9. The van der Waals surface area contributed by atoms with Gasteiger partial charge in [0.15, 0.2) is 0 Å². The van der Waals surface area contributed by atoms with Gasteiger partial charge in [-0.05, 0) is 32.6 Å². The molecule has 2 fully saturated rings. The summed E-state index contributed by atoms with van der Waals surface area (Å²) in [4.78, 5) is 26.4. The van der Waals surface area contributed by atoms with Crippen LogP contribution in [0.1, 0.15) is 52.4 Å². The predicted octanol–water partition coefficient (Wildman–Crippen LogP) is 2.14. The second-order valence-corrected chi connectivity index (χ2v) is 6.75. The van der Waals surface area contributed by atoms with Crippen LogP contribution in [0.2, 0.25) is 0 Å². The molecule has 2 saturated heterocycles. The highest BCUT2D eigenvalue weighted by Crippen LogP contribution is 2.35. The molecule has 3 atom stereocenters. The Balaban J connectivity index is 1.97. The minimum Gasteiger partial charge on any atom is -0.344 e. The van der Waals surface area contributed by atoms with Crippen molar-refractivity contribution in [2.24, 2.45) is 0 Å². The number of unbranched alkanes of at least 4 members (excludes halogenated alkanes) is 1. The van der Waals surface area contributed by atoms with Gasteiger partial charge in [-0.2, -0.15) is 0 Å². The Kier molecular flexibility index (Phi) is 5.13. The molecule has 2 amide bonds. The molecule has 2 aliphatic rings. The van der Waals surface area contributed by atoms with Crippen LogP contribution in [-0.2, 0) is 9.59 Å². The molecule has 2 rings (SSSR count). The van der Waals surface area contributed by atoms with E-state index in [9.17, 15) is 9.59 Å². The Morgan fingerprint density at radius 1 is 1.47 bits per heavy atom. The molecule has 0 bridgehead atoms. The summed E-state index contributed by atoms with van der Waals surface area (Å²) in [6.07, 6.45) is 5.30. The molecular formula is C14H24N2O2S. The number of amides is 2. The van der Waals surface area contributed by atoms with E-state index in [0.717, 1.165) is 37.9 Å². The lowest BCUT2D eigenvalue weighted by Gasteiger charge is -2.28. The monoisotopic (exact) mass is 284 g/mol. The highest BCUT2D eigenvalue weighted by atomic mass is 32.2. The lowest BCUT2D eigenvalue weighted by molar-refractivity contribution is -0.137. The molecule has 0 saturated carbocycles. The van der Waals surface area contributed by atoms with Crippen molar-refractivity contribution >= 4 is 23.6 Å². The van der Waals surface area contributed by atoms with Gasteiger partial charge in [0.1, 0.15) is 6.04 Å². The van der Waals surface area contributed by atoms with Crippen LogP contribution >= 0.6 is 11.8 Å². The van der Waals surface area contributed by atoms with Crippen LogP contribution in [0.3, 0.4) is 0 Å². The summed E-state index contributed by atoms with van der Waals surface area (Å²) in [5.74, 6) is 1.18. The maximum absolute atomic E-state index is 12.5. The zero-order valence-corrected chi connectivity index (χ0v) is 12.7. The topological polar surface area (TPSA) is 49.4 Å². The van der Waals surface area contributed by atoms with Crippen LogP contribution in [0.25, 0.3) is 0 Å². The third-order valence-corrected chi connectivity index (χ3v) is 5.43. The van der Waals surface area contributed by atoms with Crippen LogP contribution < -0.4 is 5.32 Å².